The van der Waals surface area contributed by atoms with Crippen molar-refractivity contribution in [2.45, 2.75) is 18.9 Å². The van der Waals surface area contributed by atoms with E-state index in [9.17, 15) is 9.90 Å². The van der Waals surface area contributed by atoms with E-state index in [0.29, 0.717) is 17.3 Å². The normalized spacial score (nSPS) is 18.6. The Morgan fingerprint density at radius 3 is 2.84 bits per heavy atom. The second kappa shape index (κ2) is 5.11. The molecule has 98 valence electrons. The summed E-state index contributed by atoms with van der Waals surface area (Å²) in [4.78, 5) is 16.7. The second-order valence-electron chi connectivity index (χ2n) is 4.60. The largest absolute Gasteiger partial charge is 0.508 e. The van der Waals surface area contributed by atoms with Crippen molar-refractivity contribution < 1.29 is 9.90 Å². The quantitative estimate of drug-likeness (QED) is 0.844. The van der Waals surface area contributed by atoms with Gasteiger partial charge in [-0.05, 0) is 43.7 Å². The number of carbonyl (C=O) groups is 1. The lowest BCUT2D eigenvalue weighted by Gasteiger charge is -2.04. The highest BCUT2D eigenvalue weighted by atomic mass is 32.1. The van der Waals surface area contributed by atoms with Crippen molar-refractivity contribution in [1.82, 2.24) is 10.3 Å². The lowest BCUT2D eigenvalue weighted by atomic mass is 10.1. The molecule has 0 saturated carbocycles. The van der Waals surface area contributed by atoms with Crippen LogP contribution in [0.4, 0.5) is 0 Å². The number of phenolic OH excluding ortho intramolecular Hbond substituents is 1. The van der Waals surface area contributed by atoms with Crippen molar-refractivity contribution in [3.63, 3.8) is 0 Å². The van der Waals surface area contributed by atoms with E-state index >= 15 is 0 Å². The van der Waals surface area contributed by atoms with Gasteiger partial charge in [0.05, 0.1) is 6.04 Å². The molecular weight excluding hydrogens is 260 g/mol. The predicted molar refractivity (Wildman–Crippen MR) is 73.6 cm³/mol. The number of aromatic hydroxyl groups is 1. The minimum atomic E-state index is -0.0968. The maximum absolute atomic E-state index is 12.2. The highest BCUT2D eigenvalue weighted by Gasteiger charge is 2.21. The van der Waals surface area contributed by atoms with E-state index in [1.807, 2.05) is 5.38 Å². The third-order valence-electron chi connectivity index (χ3n) is 3.24. The van der Waals surface area contributed by atoms with Crippen molar-refractivity contribution >= 4 is 17.1 Å². The Balaban J connectivity index is 1.82. The number of hydrogen-bond donors (Lipinski definition) is 2. The van der Waals surface area contributed by atoms with Crippen LogP contribution in [0.15, 0.2) is 29.6 Å². The zero-order valence-corrected chi connectivity index (χ0v) is 11.1. The number of benzene rings is 1. The van der Waals surface area contributed by atoms with Gasteiger partial charge in [-0.1, -0.05) is 0 Å². The van der Waals surface area contributed by atoms with Crippen molar-refractivity contribution in [1.29, 1.82) is 0 Å². The van der Waals surface area contributed by atoms with Crippen LogP contribution in [0.2, 0.25) is 0 Å². The van der Waals surface area contributed by atoms with Gasteiger partial charge >= 0.3 is 0 Å². The van der Waals surface area contributed by atoms with Crippen LogP contribution in [0.5, 0.6) is 5.75 Å². The number of ketones is 1. The Morgan fingerprint density at radius 1 is 1.37 bits per heavy atom. The third kappa shape index (κ3) is 2.52. The molecule has 1 fully saturated rings. The summed E-state index contributed by atoms with van der Waals surface area (Å²) in [7, 11) is 0. The molecule has 1 aliphatic rings. The molecule has 1 atom stereocenters. The lowest BCUT2D eigenvalue weighted by molar-refractivity contribution is 0.103. The number of phenols is 1. The molecule has 2 heterocycles. The smallest absolute Gasteiger partial charge is 0.212 e. The Hall–Kier alpha value is -1.72. The van der Waals surface area contributed by atoms with Crippen LogP contribution in [0.25, 0.3) is 0 Å². The number of thiazole rings is 1. The van der Waals surface area contributed by atoms with Crippen LogP contribution < -0.4 is 5.32 Å². The van der Waals surface area contributed by atoms with Crippen molar-refractivity contribution in [3.8, 4) is 5.75 Å². The van der Waals surface area contributed by atoms with Crippen LogP contribution >= 0.6 is 11.3 Å². The molecule has 4 nitrogen and oxygen atoms in total. The van der Waals surface area contributed by atoms with Gasteiger partial charge in [0.1, 0.15) is 16.5 Å². The van der Waals surface area contributed by atoms with Crippen LogP contribution in [0.1, 0.15) is 39.9 Å². The first kappa shape index (κ1) is 12.3. The first-order chi connectivity index (χ1) is 9.24. The molecule has 0 bridgehead atoms. The first-order valence-corrected chi connectivity index (χ1v) is 7.14. The standard InChI is InChI=1S/C14H14N2O2S/c17-10-5-3-9(4-6-10)13(18)12-8-19-14(16-12)11-2-1-7-15-11/h3-6,8,11,15,17H,1-2,7H2/t11-/m0/s1. The predicted octanol–water partition coefficient (Wildman–Crippen LogP) is 2.50. The molecule has 1 aromatic carbocycles. The van der Waals surface area contributed by atoms with E-state index in [0.717, 1.165) is 24.4 Å². The molecule has 0 amide bonds. The molecule has 19 heavy (non-hydrogen) atoms. The summed E-state index contributed by atoms with van der Waals surface area (Å²) in [5, 5.41) is 15.4. The van der Waals surface area contributed by atoms with E-state index in [-0.39, 0.29) is 11.5 Å². The Morgan fingerprint density at radius 2 is 2.16 bits per heavy atom. The molecule has 1 saturated heterocycles. The summed E-state index contributed by atoms with van der Waals surface area (Å²) in [6.07, 6.45) is 2.24. The monoisotopic (exact) mass is 274 g/mol. The van der Waals surface area contributed by atoms with Crippen LogP contribution in [-0.4, -0.2) is 22.4 Å². The van der Waals surface area contributed by atoms with Crippen LogP contribution in [0.3, 0.4) is 0 Å². The van der Waals surface area contributed by atoms with Gasteiger partial charge in [-0.3, -0.25) is 4.79 Å². The molecule has 5 heteroatoms. The van der Waals surface area contributed by atoms with Gasteiger partial charge in [0.15, 0.2) is 0 Å². The SMILES string of the molecule is O=C(c1ccc(O)cc1)c1csc([C@@H]2CCCN2)n1. The lowest BCUT2D eigenvalue weighted by Crippen LogP contribution is -2.13. The fourth-order valence-electron chi connectivity index (χ4n) is 2.21. The molecule has 1 aliphatic heterocycles. The van der Waals surface area contributed by atoms with E-state index in [4.69, 9.17) is 0 Å². The molecule has 1 aromatic heterocycles. The average Bonchev–Trinajstić information content (AvgIpc) is 3.10. The molecule has 0 radical (unpaired) electrons. The number of hydrogen-bond acceptors (Lipinski definition) is 5. The number of nitrogens with zero attached hydrogens (tertiary/aromatic N) is 1. The van der Waals surface area contributed by atoms with Gasteiger partial charge in [-0.15, -0.1) is 11.3 Å². The van der Waals surface area contributed by atoms with Gasteiger partial charge in [-0.2, -0.15) is 0 Å². The molecule has 2 aromatic rings. The minimum Gasteiger partial charge on any atom is -0.508 e. The highest BCUT2D eigenvalue weighted by molar-refractivity contribution is 7.10. The molecule has 0 aliphatic carbocycles. The van der Waals surface area contributed by atoms with E-state index in [2.05, 4.69) is 10.3 Å². The zero-order chi connectivity index (χ0) is 13.2. The fraction of sp³-hybridized carbons (Fsp3) is 0.286. The molecule has 2 N–H and O–H groups in total. The number of nitrogens with one attached hydrogen (secondary N) is 1. The zero-order valence-electron chi connectivity index (χ0n) is 10.3. The van der Waals surface area contributed by atoms with Gasteiger partial charge < -0.3 is 10.4 Å². The number of carbonyl (C=O) groups excluding carboxylic acids is 1. The second-order valence-corrected chi connectivity index (χ2v) is 5.49. The van der Waals surface area contributed by atoms with E-state index in [1.165, 1.54) is 23.5 Å². The number of aromatic nitrogens is 1. The maximum atomic E-state index is 12.2. The number of rotatable bonds is 3. The van der Waals surface area contributed by atoms with E-state index < -0.39 is 0 Å². The summed E-state index contributed by atoms with van der Waals surface area (Å²) < 4.78 is 0. The van der Waals surface area contributed by atoms with Gasteiger partial charge in [0.2, 0.25) is 5.78 Å². The van der Waals surface area contributed by atoms with Crippen LogP contribution in [0, 0.1) is 0 Å². The topological polar surface area (TPSA) is 62.2 Å². The molecule has 0 unspecified atom stereocenters. The first-order valence-electron chi connectivity index (χ1n) is 6.26. The Bertz CT molecular complexity index is 586. The summed E-state index contributed by atoms with van der Waals surface area (Å²) in [5.74, 6) is 0.0613. The van der Waals surface area contributed by atoms with Gasteiger partial charge in [-0.25, -0.2) is 4.98 Å². The minimum absolute atomic E-state index is 0.0968. The van der Waals surface area contributed by atoms with Crippen molar-refractivity contribution in [2.24, 2.45) is 0 Å². The Kier molecular flexibility index (Phi) is 3.31. The van der Waals surface area contributed by atoms with Gasteiger partial charge in [0, 0.05) is 10.9 Å². The molecule has 3 rings (SSSR count). The summed E-state index contributed by atoms with van der Waals surface area (Å²) in [5.41, 5.74) is 1.04. The maximum Gasteiger partial charge on any atom is 0.212 e. The van der Waals surface area contributed by atoms with Crippen LogP contribution in [-0.2, 0) is 0 Å². The van der Waals surface area contributed by atoms with E-state index in [1.54, 1.807) is 12.1 Å². The average molecular weight is 274 g/mol. The van der Waals surface area contributed by atoms with Gasteiger partial charge in [0.25, 0.3) is 0 Å². The Labute approximate surface area is 115 Å². The summed E-state index contributed by atoms with van der Waals surface area (Å²) >= 11 is 1.53. The highest BCUT2D eigenvalue weighted by Crippen LogP contribution is 2.26. The third-order valence-corrected chi connectivity index (χ3v) is 4.20. The molecular formula is C14H14N2O2S. The summed E-state index contributed by atoms with van der Waals surface area (Å²) in [6, 6.07) is 6.55. The van der Waals surface area contributed by atoms with Crippen molar-refractivity contribution in [3.05, 3.63) is 45.9 Å². The molecule has 0 spiro atoms. The summed E-state index contributed by atoms with van der Waals surface area (Å²) in [6.45, 7) is 1.02. The van der Waals surface area contributed by atoms with Crippen molar-refractivity contribution in [2.75, 3.05) is 6.54 Å². The fourth-order valence-corrected chi connectivity index (χ4v) is 3.12.